The topological polar surface area (TPSA) is 105 Å². The summed E-state index contributed by atoms with van der Waals surface area (Å²) < 4.78 is 21.6. The molecule has 0 fully saturated rings. The first kappa shape index (κ1) is 37.1. The third-order valence-corrected chi connectivity index (χ3v) is 13.2. The summed E-state index contributed by atoms with van der Waals surface area (Å²) in [7, 11) is 0.249. The van der Waals surface area contributed by atoms with E-state index >= 15 is 0 Å². The molecule has 0 radical (unpaired) electrons. The average Bonchev–Trinajstić information content (AvgIpc) is 2.97. The monoisotopic (exact) mass is 755 g/mol. The zero-order valence-electron chi connectivity index (χ0n) is 23.9. The maximum atomic E-state index is 12.6. The van der Waals surface area contributed by atoms with E-state index in [0.717, 1.165) is 0 Å². The summed E-state index contributed by atoms with van der Waals surface area (Å²) in [5, 5.41) is 0. The summed E-state index contributed by atoms with van der Waals surface area (Å²) in [4.78, 5) is 49.4. The summed E-state index contributed by atoms with van der Waals surface area (Å²) in [6.45, 7) is 6.97. The minimum atomic E-state index is -2.86. The van der Waals surface area contributed by atoms with Crippen LogP contribution in [0.15, 0.2) is 60.7 Å². The van der Waals surface area contributed by atoms with Crippen LogP contribution in [-0.4, -0.2) is 68.7 Å². The van der Waals surface area contributed by atoms with Crippen LogP contribution in [0.3, 0.4) is 0 Å². The van der Waals surface area contributed by atoms with Gasteiger partial charge in [0.2, 0.25) is 0 Å². The number of ketones is 4. The fraction of sp³-hybridized carbons (Fsp3) is 0.429. The number of hydrogen-bond acceptors (Lipinski definition) is 8. The maximum Gasteiger partial charge on any atom is 2.00 e. The Morgan fingerprint density at radius 2 is 0.846 bits per heavy atom. The zero-order valence-corrected chi connectivity index (χ0v) is 28.2. The molecule has 2 aromatic rings. The summed E-state index contributed by atoms with van der Waals surface area (Å²) in [5.74, 6) is -0.700. The second kappa shape index (κ2) is 17.7. The van der Waals surface area contributed by atoms with Crippen molar-refractivity contribution in [3.63, 3.8) is 0 Å². The molecule has 0 spiro atoms. The Bertz CT molecular complexity index is 972. The van der Waals surface area contributed by atoms with Crippen molar-refractivity contribution in [2.24, 2.45) is 0 Å². The predicted octanol–water partition coefficient (Wildman–Crippen LogP) is 5.16. The Hall–Kier alpha value is -1.92. The molecule has 2 aromatic carbocycles. The molecule has 0 heterocycles. The van der Waals surface area contributed by atoms with Crippen molar-refractivity contribution in [2.75, 3.05) is 28.4 Å². The van der Waals surface area contributed by atoms with E-state index in [4.69, 9.17) is 17.7 Å². The molecule has 0 aliphatic heterocycles. The first-order valence-corrected chi connectivity index (χ1v) is 17.2. The molecule has 0 aromatic heterocycles. The minimum Gasteiger partial charge on any atom is -0.397 e. The van der Waals surface area contributed by atoms with Crippen LogP contribution in [0, 0.1) is 0 Å². The maximum absolute atomic E-state index is 12.6. The number of carbonyl (C=O) groups excluding carboxylic acids is 4. The van der Waals surface area contributed by atoms with Gasteiger partial charge < -0.3 is 17.7 Å². The molecule has 0 bridgehead atoms. The molecule has 0 aliphatic carbocycles. The molecule has 8 nitrogen and oxygen atoms in total. The third kappa shape index (κ3) is 9.60. The fourth-order valence-electron chi connectivity index (χ4n) is 3.94. The number of hydrogen-bond donors (Lipinski definition) is 0. The quantitative estimate of drug-likeness (QED) is 0.148. The normalized spacial score (nSPS) is 12.7. The van der Waals surface area contributed by atoms with Gasteiger partial charge in [-0.2, -0.15) is 0 Å². The zero-order chi connectivity index (χ0) is 28.9. The molecular weight excluding hydrogens is 716 g/mol. The van der Waals surface area contributed by atoms with Crippen LogP contribution < -0.4 is 0 Å². The number of Topliss-reactive ketones (excluding diaryl/α,β-unsaturated/α-hetero) is 4. The molecule has 0 saturated heterocycles. The van der Waals surface area contributed by atoms with E-state index in [1.165, 1.54) is 28.4 Å². The van der Waals surface area contributed by atoms with Crippen LogP contribution in [0.5, 0.6) is 0 Å². The Morgan fingerprint density at radius 3 is 1.05 bits per heavy atom. The molecule has 0 N–H and O–H groups in total. The fourth-order valence-corrected chi connectivity index (χ4v) is 8.08. The Balaban J connectivity index is 0.000000722. The summed E-state index contributed by atoms with van der Waals surface area (Å²) in [6, 6.07) is 17.6. The number of rotatable bonds is 14. The van der Waals surface area contributed by atoms with E-state index in [0.29, 0.717) is 24.0 Å². The molecule has 11 heteroatoms. The first-order chi connectivity index (χ1) is 18.0. The molecule has 2 atom stereocenters. The van der Waals surface area contributed by atoms with E-state index < -0.39 is 28.2 Å². The van der Waals surface area contributed by atoms with Crippen LogP contribution in [0.2, 0.25) is 24.2 Å². The van der Waals surface area contributed by atoms with Crippen molar-refractivity contribution in [1.82, 2.24) is 0 Å². The second-order valence-corrected chi connectivity index (χ2v) is 15.7. The average molecular weight is 756 g/mol. The van der Waals surface area contributed by atoms with Crippen LogP contribution in [0.1, 0.15) is 47.4 Å². The van der Waals surface area contributed by atoms with Gasteiger partial charge in [-0.3, -0.25) is 19.2 Å². The van der Waals surface area contributed by atoms with Crippen LogP contribution >= 0.6 is 0 Å². The number of carbonyl (C=O) groups is 4. The van der Waals surface area contributed by atoms with E-state index in [-0.39, 0.29) is 44.2 Å². The second-order valence-electron chi connectivity index (χ2n) is 8.81. The Labute approximate surface area is 248 Å². The van der Waals surface area contributed by atoms with Gasteiger partial charge in [0.25, 0.3) is 0 Å². The molecule has 0 aliphatic rings. The SMILES string of the molecule is CCC(=O)C(C(=O)c1ccccc1)[Si](C)(OC)OC.CCC(=O)C(C(=O)c1ccccc1)[Si](C)(OC)OC.[Pt+2]. The molecule has 2 unspecified atom stereocenters. The van der Waals surface area contributed by atoms with Gasteiger partial charge in [0.1, 0.15) is 22.6 Å². The first-order valence-electron chi connectivity index (χ1n) is 12.4. The van der Waals surface area contributed by atoms with Crippen LogP contribution in [0.25, 0.3) is 0 Å². The van der Waals surface area contributed by atoms with Crippen LogP contribution in [0.4, 0.5) is 0 Å². The van der Waals surface area contributed by atoms with Crippen molar-refractivity contribution in [2.45, 2.75) is 50.9 Å². The van der Waals surface area contributed by atoms with Gasteiger partial charge in [-0.1, -0.05) is 74.5 Å². The van der Waals surface area contributed by atoms with E-state index in [9.17, 15) is 19.2 Å². The third-order valence-electron chi connectivity index (χ3n) is 6.65. The molecule has 2 rings (SSSR count). The minimum absolute atomic E-state index is 0. The van der Waals surface area contributed by atoms with Crippen molar-refractivity contribution >= 4 is 40.3 Å². The van der Waals surface area contributed by atoms with Crippen molar-refractivity contribution in [1.29, 1.82) is 0 Å². The van der Waals surface area contributed by atoms with Crippen molar-refractivity contribution in [3.8, 4) is 0 Å². The summed E-state index contributed by atoms with van der Waals surface area (Å²) >= 11 is 0. The molecule has 39 heavy (non-hydrogen) atoms. The van der Waals surface area contributed by atoms with Gasteiger partial charge in [-0.15, -0.1) is 0 Å². The molecular formula is C28H40O8PtSi2+2. The molecule has 0 amide bonds. The predicted molar refractivity (Wildman–Crippen MR) is 151 cm³/mol. The van der Waals surface area contributed by atoms with Gasteiger partial charge in [0.15, 0.2) is 11.6 Å². The molecule has 0 saturated carbocycles. The van der Waals surface area contributed by atoms with E-state index in [2.05, 4.69) is 0 Å². The van der Waals surface area contributed by atoms with E-state index in [1.54, 1.807) is 75.5 Å². The number of benzene rings is 2. The van der Waals surface area contributed by atoms with Gasteiger partial charge in [0, 0.05) is 52.4 Å². The van der Waals surface area contributed by atoms with Gasteiger partial charge in [-0.05, 0) is 13.1 Å². The summed E-state index contributed by atoms with van der Waals surface area (Å²) in [5.41, 5.74) is -0.617. The largest absolute Gasteiger partial charge is 2.00 e. The standard InChI is InChI=1S/2C14H20O4Si.Pt/c2*1-5-12(15)14(19(4,17-2)18-3)13(16)11-9-7-6-8-10-11;/h2*6-10,14H,5H2,1-4H3;/q;;+2. The van der Waals surface area contributed by atoms with E-state index in [1.807, 2.05) is 12.1 Å². The summed E-state index contributed by atoms with van der Waals surface area (Å²) in [6.07, 6.45) is 0.580. The van der Waals surface area contributed by atoms with Crippen molar-refractivity contribution in [3.05, 3.63) is 71.8 Å². The van der Waals surface area contributed by atoms with Crippen LogP contribution in [-0.2, 0) is 48.4 Å². The molecule has 216 valence electrons. The van der Waals surface area contributed by atoms with Crippen molar-refractivity contribution < 1.29 is 57.9 Å². The van der Waals surface area contributed by atoms with Gasteiger partial charge in [0.05, 0.1) is 0 Å². The smallest absolute Gasteiger partial charge is 0.397 e. The van der Waals surface area contributed by atoms with Gasteiger partial charge >= 0.3 is 38.2 Å². The Kier molecular flexibility index (Phi) is 16.8. The van der Waals surface area contributed by atoms with Gasteiger partial charge in [-0.25, -0.2) is 0 Å². The Morgan fingerprint density at radius 1 is 0.590 bits per heavy atom.